The van der Waals surface area contributed by atoms with Gasteiger partial charge in [0.1, 0.15) is 0 Å². The monoisotopic (exact) mass is 359 g/mol. The van der Waals surface area contributed by atoms with E-state index in [2.05, 4.69) is 10.4 Å². The highest BCUT2D eigenvalue weighted by molar-refractivity contribution is 6.31. The molecule has 24 heavy (non-hydrogen) atoms. The van der Waals surface area contributed by atoms with Crippen LogP contribution in [-0.2, 0) is 0 Å². The van der Waals surface area contributed by atoms with E-state index in [1.165, 1.54) is 16.9 Å². The van der Waals surface area contributed by atoms with E-state index in [-0.39, 0.29) is 5.69 Å². The Morgan fingerprint density at radius 2 is 1.71 bits per heavy atom. The largest absolute Gasteiger partial charge is 0.320 e. The van der Waals surface area contributed by atoms with Crippen molar-refractivity contribution in [1.82, 2.24) is 9.78 Å². The number of hydrogen-bond acceptors (Lipinski definition) is 3. The van der Waals surface area contributed by atoms with Crippen LogP contribution < -0.4 is 10.7 Å². The van der Waals surface area contributed by atoms with Gasteiger partial charge >= 0.3 is 0 Å². The lowest BCUT2D eigenvalue weighted by molar-refractivity contribution is 0.101. The molecule has 1 amide bonds. The smallest absolute Gasteiger partial charge is 0.280 e. The number of nitrogens with one attached hydrogen (secondary N) is 1. The molecule has 0 fully saturated rings. The van der Waals surface area contributed by atoms with Gasteiger partial charge in [-0.1, -0.05) is 35.3 Å². The molecule has 120 valence electrons. The highest BCUT2D eigenvalue weighted by atomic mass is 35.5. The first kappa shape index (κ1) is 16.2. The van der Waals surface area contributed by atoms with Crippen LogP contribution in [0.15, 0.2) is 65.6 Å². The Kier molecular flexibility index (Phi) is 4.64. The molecule has 1 aromatic heterocycles. The van der Waals surface area contributed by atoms with Crippen molar-refractivity contribution in [3.05, 3.63) is 86.8 Å². The number of anilines is 1. The number of halogens is 2. The number of carbonyl (C=O) groups excluding carboxylic acids is 1. The zero-order valence-corrected chi connectivity index (χ0v) is 13.8. The second kappa shape index (κ2) is 6.86. The van der Waals surface area contributed by atoms with E-state index in [4.69, 9.17) is 23.2 Å². The molecule has 0 saturated heterocycles. The fraction of sp³-hybridized carbons (Fsp3) is 0. The molecule has 0 radical (unpaired) electrons. The highest BCUT2D eigenvalue weighted by Gasteiger charge is 2.14. The molecule has 3 rings (SSSR count). The Morgan fingerprint density at radius 3 is 2.42 bits per heavy atom. The van der Waals surface area contributed by atoms with Gasteiger partial charge in [0, 0.05) is 28.0 Å². The van der Waals surface area contributed by atoms with Crippen molar-refractivity contribution in [2.45, 2.75) is 0 Å². The van der Waals surface area contributed by atoms with E-state index in [1.807, 2.05) is 0 Å². The Labute approximate surface area is 147 Å². The van der Waals surface area contributed by atoms with Crippen LogP contribution in [0.5, 0.6) is 0 Å². The number of aromatic nitrogens is 2. The molecule has 0 spiro atoms. The van der Waals surface area contributed by atoms with Gasteiger partial charge in [-0.3, -0.25) is 9.59 Å². The van der Waals surface area contributed by atoms with Crippen LogP contribution in [0.1, 0.15) is 10.5 Å². The molecule has 0 unspecified atom stereocenters. The molecule has 5 nitrogen and oxygen atoms in total. The number of benzene rings is 2. The van der Waals surface area contributed by atoms with Crippen molar-refractivity contribution >= 4 is 34.8 Å². The average Bonchev–Trinajstić information content (AvgIpc) is 2.55. The number of nitrogens with zero attached hydrogens (tertiary/aromatic N) is 2. The van der Waals surface area contributed by atoms with Gasteiger partial charge in [0.15, 0.2) is 5.69 Å². The van der Waals surface area contributed by atoms with Crippen LogP contribution >= 0.6 is 23.2 Å². The van der Waals surface area contributed by atoms with E-state index in [0.29, 0.717) is 21.4 Å². The SMILES string of the molecule is O=C(Nc1cccc(Cl)c1)c1nn(-c2cccc(Cl)c2)ccc1=O. The standard InChI is InChI=1S/C17H11Cl2N3O2/c18-11-3-1-5-13(9-11)20-17(24)16-15(23)7-8-22(21-16)14-6-2-4-12(19)10-14/h1-10H,(H,20,24). The zero-order valence-electron chi connectivity index (χ0n) is 12.2. The quantitative estimate of drug-likeness (QED) is 0.773. The summed E-state index contributed by atoms with van der Waals surface area (Å²) < 4.78 is 1.42. The van der Waals surface area contributed by atoms with Crippen molar-refractivity contribution in [2.75, 3.05) is 5.32 Å². The van der Waals surface area contributed by atoms with Crippen molar-refractivity contribution in [2.24, 2.45) is 0 Å². The molecule has 1 N–H and O–H groups in total. The summed E-state index contributed by atoms with van der Waals surface area (Å²) in [6.45, 7) is 0. The fourth-order valence-corrected chi connectivity index (χ4v) is 2.46. The second-order valence-electron chi connectivity index (χ2n) is 4.92. The summed E-state index contributed by atoms with van der Waals surface area (Å²) in [7, 11) is 0. The summed E-state index contributed by atoms with van der Waals surface area (Å²) in [6, 6.07) is 14.8. The number of hydrogen-bond donors (Lipinski definition) is 1. The van der Waals surface area contributed by atoms with Gasteiger partial charge in [-0.05, 0) is 36.4 Å². The van der Waals surface area contributed by atoms with Crippen LogP contribution in [0.2, 0.25) is 10.0 Å². The molecule has 0 aliphatic heterocycles. The predicted molar refractivity (Wildman–Crippen MR) is 94.2 cm³/mol. The lowest BCUT2D eigenvalue weighted by Gasteiger charge is -2.08. The van der Waals surface area contributed by atoms with E-state index in [0.717, 1.165) is 0 Å². The van der Waals surface area contributed by atoms with Crippen LogP contribution in [0.4, 0.5) is 5.69 Å². The Bertz CT molecular complexity index is 970. The first-order valence-electron chi connectivity index (χ1n) is 6.96. The molecule has 2 aromatic carbocycles. The van der Waals surface area contributed by atoms with Gasteiger partial charge in [0.25, 0.3) is 5.91 Å². The molecule has 0 aliphatic rings. The molecule has 0 aliphatic carbocycles. The molecule has 1 heterocycles. The van der Waals surface area contributed by atoms with Crippen molar-refractivity contribution < 1.29 is 4.79 Å². The fourth-order valence-electron chi connectivity index (χ4n) is 2.08. The minimum Gasteiger partial charge on any atom is -0.320 e. The summed E-state index contributed by atoms with van der Waals surface area (Å²) in [5.41, 5.74) is 0.413. The molecular weight excluding hydrogens is 349 g/mol. The third-order valence-electron chi connectivity index (χ3n) is 3.18. The van der Waals surface area contributed by atoms with Crippen molar-refractivity contribution in [3.8, 4) is 5.69 Å². The topological polar surface area (TPSA) is 64.0 Å². The molecule has 0 saturated carbocycles. The zero-order chi connectivity index (χ0) is 17.1. The summed E-state index contributed by atoms with van der Waals surface area (Å²) in [6.07, 6.45) is 1.48. The summed E-state index contributed by atoms with van der Waals surface area (Å²) in [5.74, 6) is -0.612. The van der Waals surface area contributed by atoms with E-state index >= 15 is 0 Å². The van der Waals surface area contributed by atoms with E-state index < -0.39 is 11.3 Å². The summed E-state index contributed by atoms with van der Waals surface area (Å²) in [4.78, 5) is 24.3. The maximum atomic E-state index is 12.3. The minimum absolute atomic E-state index is 0.225. The Balaban J connectivity index is 1.94. The molecular formula is C17H11Cl2N3O2. The summed E-state index contributed by atoms with van der Waals surface area (Å²) in [5, 5.41) is 7.71. The van der Waals surface area contributed by atoms with Gasteiger partial charge in [0.2, 0.25) is 5.43 Å². The predicted octanol–water partition coefficient (Wildman–Crippen LogP) is 3.79. The van der Waals surface area contributed by atoms with Gasteiger partial charge in [-0.25, -0.2) is 4.68 Å². The van der Waals surface area contributed by atoms with Crippen LogP contribution in [0.25, 0.3) is 5.69 Å². The first-order chi connectivity index (χ1) is 11.5. The maximum absolute atomic E-state index is 12.3. The third kappa shape index (κ3) is 3.64. The Hall–Kier alpha value is -2.63. The molecule has 0 atom stereocenters. The van der Waals surface area contributed by atoms with Gasteiger partial charge in [-0.2, -0.15) is 5.10 Å². The average molecular weight is 360 g/mol. The van der Waals surface area contributed by atoms with Crippen LogP contribution in [0.3, 0.4) is 0 Å². The normalized spacial score (nSPS) is 10.4. The molecule has 0 bridgehead atoms. The van der Waals surface area contributed by atoms with E-state index in [9.17, 15) is 9.59 Å². The van der Waals surface area contributed by atoms with E-state index in [1.54, 1.807) is 48.5 Å². The second-order valence-corrected chi connectivity index (χ2v) is 5.79. The maximum Gasteiger partial charge on any atom is 0.280 e. The summed E-state index contributed by atoms with van der Waals surface area (Å²) >= 11 is 11.8. The minimum atomic E-state index is -0.612. The van der Waals surface area contributed by atoms with Crippen molar-refractivity contribution in [3.63, 3.8) is 0 Å². The molecule has 3 aromatic rings. The number of rotatable bonds is 3. The Morgan fingerprint density at radius 1 is 1.00 bits per heavy atom. The van der Waals surface area contributed by atoms with Gasteiger partial charge in [0.05, 0.1) is 5.69 Å². The molecule has 7 heteroatoms. The van der Waals surface area contributed by atoms with Crippen molar-refractivity contribution in [1.29, 1.82) is 0 Å². The first-order valence-corrected chi connectivity index (χ1v) is 7.71. The highest BCUT2D eigenvalue weighted by Crippen LogP contribution is 2.16. The lowest BCUT2D eigenvalue weighted by Crippen LogP contribution is -2.25. The number of carbonyl (C=O) groups is 1. The van der Waals surface area contributed by atoms with Gasteiger partial charge in [-0.15, -0.1) is 0 Å². The third-order valence-corrected chi connectivity index (χ3v) is 3.65. The van der Waals surface area contributed by atoms with Crippen LogP contribution in [0, 0.1) is 0 Å². The number of amides is 1. The van der Waals surface area contributed by atoms with Crippen LogP contribution in [-0.4, -0.2) is 15.7 Å². The lowest BCUT2D eigenvalue weighted by atomic mass is 10.3. The van der Waals surface area contributed by atoms with Gasteiger partial charge < -0.3 is 5.32 Å².